The van der Waals surface area contributed by atoms with Gasteiger partial charge < -0.3 is 4.74 Å². The van der Waals surface area contributed by atoms with Gasteiger partial charge in [-0.1, -0.05) is 76.2 Å². The number of hydrogen-bond donors (Lipinski definition) is 0. The summed E-state index contributed by atoms with van der Waals surface area (Å²) in [6.45, 7) is 0.565. The first-order valence-electron chi connectivity index (χ1n) is 8.90. The van der Waals surface area contributed by atoms with Gasteiger partial charge in [0.1, 0.15) is 12.4 Å². The molecule has 3 aromatic carbocycles. The summed E-state index contributed by atoms with van der Waals surface area (Å²) in [5.74, 6) is 1.65. The molecule has 2 aliphatic rings. The van der Waals surface area contributed by atoms with Gasteiger partial charge in [0.15, 0.2) is 5.82 Å². The molecule has 5 nitrogen and oxygen atoms in total. The maximum Gasteiger partial charge on any atom is 0.213 e. The van der Waals surface area contributed by atoms with E-state index < -0.39 is 0 Å². The van der Waals surface area contributed by atoms with Gasteiger partial charge in [-0.25, -0.2) is 0 Å². The van der Waals surface area contributed by atoms with E-state index in [0.29, 0.717) is 6.61 Å². The predicted molar refractivity (Wildman–Crippen MR) is 114 cm³/mol. The average molecular weight is 449 g/mol. The van der Waals surface area contributed by atoms with Gasteiger partial charge in [0, 0.05) is 21.0 Å². The first kappa shape index (κ1) is 16.3. The third-order valence-electron chi connectivity index (χ3n) is 5.02. The van der Waals surface area contributed by atoms with Crippen molar-refractivity contribution in [1.82, 2.24) is 14.9 Å². The van der Waals surface area contributed by atoms with Crippen LogP contribution in [0.15, 0.2) is 75.4 Å². The molecule has 1 aromatic heterocycles. The lowest BCUT2D eigenvalue weighted by Crippen LogP contribution is -2.34. The Balaban J connectivity index is 1.56. The molecule has 0 bridgehead atoms. The first-order chi connectivity index (χ1) is 13.8. The topological polar surface area (TPSA) is 52.3 Å². The van der Waals surface area contributed by atoms with Crippen LogP contribution in [0.2, 0.25) is 0 Å². The minimum absolute atomic E-state index is 0.109. The largest absolute Gasteiger partial charge is 0.491 e. The summed E-state index contributed by atoms with van der Waals surface area (Å²) in [5.41, 5.74) is 3.05. The van der Waals surface area contributed by atoms with E-state index in [-0.39, 0.29) is 5.25 Å². The van der Waals surface area contributed by atoms with Crippen LogP contribution in [0.4, 0.5) is 0 Å². The van der Waals surface area contributed by atoms with Crippen molar-refractivity contribution in [2.45, 2.75) is 10.4 Å². The fourth-order valence-corrected chi connectivity index (χ4v) is 5.19. The third kappa shape index (κ3) is 2.36. The molecule has 0 saturated heterocycles. The van der Waals surface area contributed by atoms with E-state index in [0.717, 1.165) is 48.8 Å². The quantitative estimate of drug-likeness (QED) is 0.411. The van der Waals surface area contributed by atoms with Gasteiger partial charge >= 0.3 is 0 Å². The third-order valence-corrected chi connectivity index (χ3v) is 6.82. The van der Waals surface area contributed by atoms with E-state index in [1.807, 2.05) is 47.1 Å². The molecule has 3 heterocycles. The highest BCUT2D eigenvalue weighted by Gasteiger charge is 2.35. The molecule has 4 aromatic rings. The van der Waals surface area contributed by atoms with Crippen LogP contribution in [-0.4, -0.2) is 32.4 Å². The Labute approximate surface area is 173 Å². The molecule has 0 spiro atoms. The Hall–Kier alpha value is -2.64. The number of benzene rings is 3. The summed E-state index contributed by atoms with van der Waals surface area (Å²) in [5, 5.41) is 16.8. The van der Waals surface area contributed by atoms with Crippen LogP contribution in [0.1, 0.15) is 5.56 Å². The van der Waals surface area contributed by atoms with Crippen LogP contribution < -0.4 is 4.74 Å². The van der Waals surface area contributed by atoms with Gasteiger partial charge in [-0.2, -0.15) is 9.78 Å². The number of rotatable bonds is 1. The zero-order valence-corrected chi connectivity index (χ0v) is 16.9. The Morgan fingerprint density at radius 2 is 1.86 bits per heavy atom. The second-order valence-corrected chi connectivity index (χ2v) is 8.69. The normalized spacial score (nSPS) is 17.3. The van der Waals surface area contributed by atoms with Crippen LogP contribution in [0.3, 0.4) is 0 Å². The fraction of sp³-hybridized carbons (Fsp3) is 0.0952. The van der Waals surface area contributed by atoms with E-state index in [1.54, 1.807) is 11.8 Å². The Kier molecular flexibility index (Phi) is 3.61. The molecule has 28 heavy (non-hydrogen) atoms. The van der Waals surface area contributed by atoms with Gasteiger partial charge in [0.25, 0.3) is 0 Å². The fourth-order valence-electron chi connectivity index (χ4n) is 3.70. The number of aromatic nitrogens is 3. The van der Waals surface area contributed by atoms with Crippen LogP contribution in [0.5, 0.6) is 5.75 Å². The lowest BCUT2D eigenvalue weighted by Gasteiger charge is -2.29. The van der Waals surface area contributed by atoms with Crippen molar-refractivity contribution in [2.24, 2.45) is 5.10 Å². The Morgan fingerprint density at radius 1 is 0.964 bits per heavy atom. The summed E-state index contributed by atoms with van der Waals surface area (Å²) >= 11 is 5.29. The molecule has 0 saturated carbocycles. The van der Waals surface area contributed by atoms with Crippen molar-refractivity contribution in [3.05, 3.63) is 70.7 Å². The van der Waals surface area contributed by atoms with Gasteiger partial charge in [-0.15, -0.1) is 10.2 Å². The molecule has 0 amide bonds. The molecule has 2 aliphatic heterocycles. The van der Waals surface area contributed by atoms with Crippen LogP contribution in [0.25, 0.3) is 22.2 Å². The molecule has 6 rings (SSSR count). The average Bonchev–Trinajstić information content (AvgIpc) is 3.15. The Bertz CT molecular complexity index is 1270. The number of thioether (sulfide) groups is 1. The minimum Gasteiger partial charge on any atom is -0.491 e. The zero-order valence-electron chi connectivity index (χ0n) is 14.5. The van der Waals surface area contributed by atoms with Crippen LogP contribution in [0, 0.1) is 0 Å². The summed E-state index contributed by atoms with van der Waals surface area (Å²) in [7, 11) is 0. The first-order valence-corrected chi connectivity index (χ1v) is 10.6. The van der Waals surface area contributed by atoms with Gasteiger partial charge in [-0.3, -0.25) is 0 Å². The Morgan fingerprint density at radius 3 is 2.75 bits per heavy atom. The second-order valence-electron chi connectivity index (χ2n) is 6.66. The van der Waals surface area contributed by atoms with Gasteiger partial charge in [0.2, 0.25) is 5.16 Å². The van der Waals surface area contributed by atoms with Crippen molar-refractivity contribution >= 4 is 44.2 Å². The summed E-state index contributed by atoms with van der Waals surface area (Å²) in [4.78, 5) is 0. The molecule has 1 unspecified atom stereocenters. The molecule has 0 aliphatic carbocycles. The number of hydrogen-bond acceptors (Lipinski definition) is 5. The van der Waals surface area contributed by atoms with Gasteiger partial charge in [-0.05, 0) is 17.5 Å². The van der Waals surface area contributed by atoms with Crippen molar-refractivity contribution in [2.75, 3.05) is 6.61 Å². The number of ether oxygens (including phenoxy) is 1. The maximum atomic E-state index is 6.19. The maximum absolute atomic E-state index is 6.19. The van der Waals surface area contributed by atoms with Crippen LogP contribution in [-0.2, 0) is 0 Å². The molecular weight excluding hydrogens is 436 g/mol. The summed E-state index contributed by atoms with van der Waals surface area (Å²) < 4.78 is 9.10. The van der Waals surface area contributed by atoms with E-state index in [2.05, 4.69) is 44.3 Å². The standard InChI is InChI=1S/C21H13BrN4OS/c22-16-8-4-7-14-13(16)9-10-15-18-17(11-27-19(14)15)28-21-24-23-20(26(21)25-18)12-5-2-1-3-6-12/h1-10,17H,11H2. The lowest BCUT2D eigenvalue weighted by molar-refractivity contribution is 0.327. The van der Waals surface area contributed by atoms with Crippen LogP contribution >= 0.6 is 27.7 Å². The minimum atomic E-state index is 0.109. The summed E-state index contributed by atoms with van der Waals surface area (Å²) in [6, 6.07) is 20.4. The summed E-state index contributed by atoms with van der Waals surface area (Å²) in [6.07, 6.45) is 0. The van der Waals surface area contributed by atoms with Crippen molar-refractivity contribution in [1.29, 1.82) is 0 Å². The van der Waals surface area contributed by atoms with Crippen molar-refractivity contribution in [3.8, 4) is 17.1 Å². The predicted octanol–water partition coefficient (Wildman–Crippen LogP) is 4.98. The second kappa shape index (κ2) is 6.18. The smallest absolute Gasteiger partial charge is 0.213 e. The molecular formula is C21H13BrN4OS. The number of nitrogens with zero attached hydrogens (tertiary/aromatic N) is 4. The molecule has 7 heteroatoms. The van der Waals surface area contributed by atoms with Gasteiger partial charge in [0.05, 0.1) is 11.0 Å². The highest BCUT2D eigenvalue weighted by Crippen LogP contribution is 2.42. The molecule has 0 N–H and O–H groups in total. The monoisotopic (exact) mass is 448 g/mol. The van der Waals surface area contributed by atoms with E-state index >= 15 is 0 Å². The van der Waals surface area contributed by atoms with Crippen molar-refractivity contribution in [3.63, 3.8) is 0 Å². The number of fused-ring (bicyclic) bond motifs is 6. The number of halogens is 1. The molecule has 0 radical (unpaired) electrons. The lowest BCUT2D eigenvalue weighted by atomic mass is 9.98. The van der Waals surface area contributed by atoms with E-state index in [4.69, 9.17) is 9.84 Å². The van der Waals surface area contributed by atoms with Crippen molar-refractivity contribution < 1.29 is 4.74 Å². The molecule has 1 atom stereocenters. The SMILES string of the molecule is Brc1cccc2c3c(ccc12)C1=Nn2c(nnc2-c2ccccc2)SC1CO3. The highest BCUT2D eigenvalue weighted by atomic mass is 79.9. The van der Waals surface area contributed by atoms with E-state index in [1.165, 1.54) is 0 Å². The van der Waals surface area contributed by atoms with E-state index in [9.17, 15) is 0 Å². The highest BCUT2D eigenvalue weighted by molar-refractivity contribution is 9.10. The zero-order chi connectivity index (χ0) is 18.7. The molecule has 136 valence electrons. The molecule has 0 fully saturated rings.